The number of nitrogens with zero attached hydrogens (tertiary/aromatic N) is 3. The molecule has 1 spiro atoms. The van der Waals surface area contributed by atoms with Crippen LogP contribution in [0.5, 0.6) is 0 Å². The monoisotopic (exact) mass is 528 g/mol. The number of likely N-dealkylation sites (tertiary alicyclic amines) is 1. The van der Waals surface area contributed by atoms with Crippen LogP contribution < -0.4 is 10.2 Å². The topological polar surface area (TPSA) is 65.5 Å². The molecule has 2 amide bonds. The van der Waals surface area contributed by atoms with Crippen LogP contribution in [0.2, 0.25) is 5.02 Å². The summed E-state index contributed by atoms with van der Waals surface area (Å²) in [6.07, 6.45) is 8.96. The fraction of sp³-hybridized carbons (Fsp3) is 0.387. The maximum Gasteiger partial charge on any atom is 0.253 e. The number of hydrogen-bond acceptors (Lipinski definition) is 4. The first-order chi connectivity index (χ1) is 18.5. The molecule has 7 heteroatoms. The van der Waals surface area contributed by atoms with Gasteiger partial charge >= 0.3 is 0 Å². The molecule has 2 aromatic carbocycles. The summed E-state index contributed by atoms with van der Waals surface area (Å²) in [7, 11) is 0. The summed E-state index contributed by atoms with van der Waals surface area (Å²) in [5, 5.41) is 3.78. The van der Waals surface area contributed by atoms with Crippen molar-refractivity contribution in [1.82, 2.24) is 15.2 Å². The van der Waals surface area contributed by atoms with Crippen molar-refractivity contribution in [3.63, 3.8) is 0 Å². The highest BCUT2D eigenvalue weighted by Gasteiger charge is 2.42. The van der Waals surface area contributed by atoms with Crippen molar-refractivity contribution in [3.05, 3.63) is 94.3 Å². The molecule has 6 nitrogen and oxygen atoms in total. The van der Waals surface area contributed by atoms with Crippen LogP contribution in [-0.2, 0) is 17.6 Å². The van der Waals surface area contributed by atoms with Crippen molar-refractivity contribution >= 4 is 29.1 Å². The van der Waals surface area contributed by atoms with Gasteiger partial charge in [0.2, 0.25) is 5.91 Å². The number of piperidine rings is 1. The molecule has 1 atom stereocenters. The molecule has 2 aliphatic heterocycles. The van der Waals surface area contributed by atoms with Crippen LogP contribution in [-0.4, -0.2) is 47.9 Å². The third kappa shape index (κ3) is 5.02. The molecular formula is C31H33ClN4O2. The van der Waals surface area contributed by atoms with E-state index in [2.05, 4.69) is 33.4 Å². The number of aryl methyl sites for hydroxylation is 1. The molecule has 0 bridgehead atoms. The highest BCUT2D eigenvalue weighted by molar-refractivity contribution is 6.31. The molecule has 1 N–H and O–H groups in total. The van der Waals surface area contributed by atoms with Gasteiger partial charge in [-0.2, -0.15) is 0 Å². The predicted octanol–water partition coefficient (Wildman–Crippen LogP) is 5.21. The number of anilines is 1. The second-order valence-corrected chi connectivity index (χ2v) is 11.4. The van der Waals surface area contributed by atoms with Crippen LogP contribution >= 0.6 is 11.6 Å². The molecule has 38 heavy (non-hydrogen) atoms. The number of carbonyl (C=O) groups is 2. The number of amides is 2. The number of nitrogens with one attached hydrogen (secondary N) is 1. The third-order valence-electron chi connectivity index (χ3n) is 8.69. The van der Waals surface area contributed by atoms with Gasteiger partial charge in [-0.05, 0) is 84.5 Å². The normalized spacial score (nSPS) is 20.0. The average Bonchev–Trinajstić information content (AvgIpc) is 3.54. The fourth-order valence-corrected chi connectivity index (χ4v) is 6.64. The molecule has 2 saturated heterocycles. The zero-order valence-electron chi connectivity index (χ0n) is 21.5. The van der Waals surface area contributed by atoms with Crippen LogP contribution in [0.1, 0.15) is 58.8 Å². The van der Waals surface area contributed by atoms with Crippen LogP contribution in [0.4, 0.5) is 5.69 Å². The Balaban J connectivity index is 1.09. The lowest BCUT2D eigenvalue weighted by Gasteiger charge is -2.40. The second kappa shape index (κ2) is 10.4. The highest BCUT2D eigenvalue weighted by Crippen LogP contribution is 2.42. The van der Waals surface area contributed by atoms with E-state index in [0.29, 0.717) is 5.02 Å². The van der Waals surface area contributed by atoms with Gasteiger partial charge in [0.15, 0.2) is 0 Å². The van der Waals surface area contributed by atoms with Gasteiger partial charge in [-0.3, -0.25) is 14.6 Å². The van der Waals surface area contributed by atoms with Gasteiger partial charge in [-0.1, -0.05) is 35.9 Å². The summed E-state index contributed by atoms with van der Waals surface area (Å²) in [4.78, 5) is 35.0. The number of pyridine rings is 1. The van der Waals surface area contributed by atoms with E-state index in [0.717, 1.165) is 75.0 Å². The molecule has 6 rings (SSSR count). The first-order valence-corrected chi connectivity index (χ1v) is 14.0. The van der Waals surface area contributed by atoms with Crippen LogP contribution in [0, 0.1) is 5.41 Å². The quantitative estimate of drug-likeness (QED) is 0.493. The number of halogens is 1. The Morgan fingerprint density at radius 3 is 2.55 bits per heavy atom. The third-order valence-corrected chi connectivity index (χ3v) is 9.06. The Kier molecular flexibility index (Phi) is 6.83. The molecule has 2 fully saturated rings. The lowest BCUT2D eigenvalue weighted by atomic mass is 9.77. The maximum absolute atomic E-state index is 13.6. The van der Waals surface area contributed by atoms with E-state index in [1.165, 1.54) is 11.3 Å². The molecular weight excluding hydrogens is 496 g/mol. The van der Waals surface area contributed by atoms with Gasteiger partial charge in [0.25, 0.3) is 5.91 Å². The Bertz CT molecular complexity index is 1340. The van der Waals surface area contributed by atoms with Gasteiger partial charge < -0.3 is 15.1 Å². The Labute approximate surface area is 229 Å². The van der Waals surface area contributed by atoms with Crippen LogP contribution in [0.25, 0.3) is 0 Å². The van der Waals surface area contributed by atoms with Crippen molar-refractivity contribution < 1.29 is 9.59 Å². The maximum atomic E-state index is 13.6. The van der Waals surface area contributed by atoms with Gasteiger partial charge in [-0.25, -0.2) is 0 Å². The van der Waals surface area contributed by atoms with Gasteiger partial charge in [-0.15, -0.1) is 0 Å². The largest absolute Gasteiger partial charge is 0.371 e. The van der Waals surface area contributed by atoms with E-state index in [1.54, 1.807) is 6.07 Å². The number of hydrogen-bond donors (Lipinski definition) is 1. The minimum absolute atomic E-state index is 0.0488. The first-order valence-electron chi connectivity index (χ1n) is 13.6. The smallest absolute Gasteiger partial charge is 0.253 e. The lowest BCUT2D eigenvalue weighted by Crippen LogP contribution is -2.42. The highest BCUT2D eigenvalue weighted by atomic mass is 35.5. The SMILES string of the molecule is O=C(Cc1ccccc1Cl)NC1CCc2ccc(C(=O)N3CCC4(CCN(c5ccncc5)CC4)C3)cc21. The van der Waals surface area contributed by atoms with Crippen molar-refractivity contribution in [2.75, 3.05) is 31.1 Å². The number of fused-ring (bicyclic) bond motifs is 1. The van der Waals surface area contributed by atoms with E-state index in [9.17, 15) is 9.59 Å². The fourth-order valence-electron chi connectivity index (χ4n) is 6.44. The van der Waals surface area contributed by atoms with E-state index >= 15 is 0 Å². The van der Waals surface area contributed by atoms with Crippen LogP contribution in [0.3, 0.4) is 0 Å². The number of carbonyl (C=O) groups excluding carboxylic acids is 2. The molecule has 0 radical (unpaired) electrons. The predicted molar refractivity (Wildman–Crippen MR) is 149 cm³/mol. The second-order valence-electron chi connectivity index (χ2n) is 11.0. The van der Waals surface area contributed by atoms with Gasteiger partial charge in [0.05, 0.1) is 12.5 Å². The molecule has 3 aromatic rings. The minimum Gasteiger partial charge on any atom is -0.371 e. The molecule has 0 saturated carbocycles. The van der Waals surface area contributed by atoms with E-state index < -0.39 is 0 Å². The summed E-state index contributed by atoms with van der Waals surface area (Å²) in [5.41, 5.74) is 5.28. The molecule has 1 unspecified atom stereocenters. The van der Waals surface area contributed by atoms with E-state index in [-0.39, 0.29) is 29.7 Å². The van der Waals surface area contributed by atoms with Crippen LogP contribution in [0.15, 0.2) is 67.0 Å². The molecule has 1 aliphatic carbocycles. The summed E-state index contributed by atoms with van der Waals surface area (Å²) in [6.45, 7) is 3.66. The standard InChI is InChI=1S/C31H33ClN4O2/c32-27-4-2-1-3-23(27)20-29(37)34-28-8-7-22-5-6-24(19-26(22)28)30(38)36-18-13-31(21-36)11-16-35(17-12-31)25-9-14-33-15-10-25/h1-6,9-10,14-15,19,28H,7-8,11-13,16-18,20-21H2,(H,34,37). The molecule has 3 heterocycles. The molecule has 196 valence electrons. The van der Waals surface area contributed by atoms with E-state index in [4.69, 9.17) is 11.6 Å². The zero-order chi connectivity index (χ0) is 26.1. The van der Waals surface area contributed by atoms with Crippen molar-refractivity contribution in [2.24, 2.45) is 5.41 Å². The molecule has 1 aromatic heterocycles. The Morgan fingerprint density at radius 2 is 1.76 bits per heavy atom. The minimum atomic E-state index is -0.0739. The summed E-state index contributed by atoms with van der Waals surface area (Å²) in [6, 6.07) is 17.6. The summed E-state index contributed by atoms with van der Waals surface area (Å²) in [5.74, 6) is 0.0570. The van der Waals surface area contributed by atoms with E-state index in [1.807, 2.05) is 47.6 Å². The van der Waals surface area contributed by atoms with Crippen molar-refractivity contribution in [3.8, 4) is 0 Å². The lowest BCUT2D eigenvalue weighted by molar-refractivity contribution is -0.121. The van der Waals surface area contributed by atoms with Crippen molar-refractivity contribution in [1.29, 1.82) is 0 Å². The zero-order valence-corrected chi connectivity index (χ0v) is 22.3. The summed E-state index contributed by atoms with van der Waals surface area (Å²) >= 11 is 6.25. The Morgan fingerprint density at radius 1 is 1.00 bits per heavy atom. The number of benzene rings is 2. The summed E-state index contributed by atoms with van der Waals surface area (Å²) < 4.78 is 0. The first kappa shape index (κ1) is 24.9. The van der Waals surface area contributed by atoms with Gasteiger partial charge in [0.1, 0.15) is 0 Å². The van der Waals surface area contributed by atoms with Gasteiger partial charge in [0, 0.05) is 54.8 Å². The number of aromatic nitrogens is 1. The average molecular weight is 529 g/mol. The van der Waals surface area contributed by atoms with Crippen molar-refractivity contribution in [2.45, 2.75) is 44.6 Å². The Hall–Kier alpha value is -3.38. The number of rotatable bonds is 5. The molecule has 3 aliphatic rings.